The number of aliphatic hydroxyl groups is 1. The highest BCUT2D eigenvalue weighted by molar-refractivity contribution is 5.83. The maximum Gasteiger partial charge on any atom is 0.407 e. The Morgan fingerprint density at radius 2 is 1.59 bits per heavy atom. The highest BCUT2D eigenvalue weighted by Gasteiger charge is 2.36. The first-order valence-electron chi connectivity index (χ1n) is 8.74. The summed E-state index contributed by atoms with van der Waals surface area (Å²) in [5.41, 5.74) is 2.97. The average Bonchev–Trinajstić information content (AvgIpc) is 2.97. The summed E-state index contributed by atoms with van der Waals surface area (Å²) in [7, 11) is 1.19. The Morgan fingerprint density at radius 1 is 1.07 bits per heavy atom. The third-order valence-electron chi connectivity index (χ3n) is 4.75. The fourth-order valence-corrected chi connectivity index (χ4v) is 3.40. The largest absolute Gasteiger partial charge is 0.467 e. The molecule has 0 spiro atoms. The van der Waals surface area contributed by atoms with Crippen molar-refractivity contribution in [3.8, 4) is 11.1 Å². The Labute approximate surface area is 158 Å². The molecule has 0 bridgehead atoms. The van der Waals surface area contributed by atoms with Crippen molar-refractivity contribution in [2.24, 2.45) is 0 Å². The number of rotatable bonds is 5. The molecule has 3 rings (SSSR count). The number of hydrogen-bond donors (Lipinski definition) is 2. The van der Waals surface area contributed by atoms with Crippen LogP contribution in [0.4, 0.5) is 4.79 Å². The number of amides is 1. The number of alkyl carbamates (subject to hydrolysis) is 1. The molecule has 1 aliphatic carbocycles. The molecule has 2 aromatic carbocycles. The van der Waals surface area contributed by atoms with Gasteiger partial charge in [-0.15, -0.1) is 0 Å². The minimum absolute atomic E-state index is 0.0816. The van der Waals surface area contributed by atoms with Crippen molar-refractivity contribution in [1.29, 1.82) is 0 Å². The average molecular weight is 369 g/mol. The van der Waals surface area contributed by atoms with Crippen LogP contribution in [0.3, 0.4) is 0 Å². The van der Waals surface area contributed by atoms with Crippen molar-refractivity contribution in [2.45, 2.75) is 31.4 Å². The topological polar surface area (TPSA) is 84.9 Å². The van der Waals surface area contributed by atoms with Gasteiger partial charge in [0.25, 0.3) is 0 Å². The van der Waals surface area contributed by atoms with Crippen LogP contribution in [-0.4, -0.2) is 42.5 Å². The first-order chi connectivity index (χ1) is 12.8. The van der Waals surface area contributed by atoms with E-state index in [1.54, 1.807) is 0 Å². The molecule has 0 radical (unpaired) electrons. The summed E-state index contributed by atoms with van der Waals surface area (Å²) in [4.78, 5) is 24.1. The molecule has 27 heavy (non-hydrogen) atoms. The summed E-state index contributed by atoms with van der Waals surface area (Å²) < 4.78 is 10.0. The van der Waals surface area contributed by atoms with Gasteiger partial charge in [-0.3, -0.25) is 0 Å². The van der Waals surface area contributed by atoms with Crippen LogP contribution in [0.2, 0.25) is 0 Å². The Balaban J connectivity index is 1.73. The van der Waals surface area contributed by atoms with Crippen molar-refractivity contribution in [1.82, 2.24) is 5.32 Å². The van der Waals surface area contributed by atoms with Gasteiger partial charge in [-0.1, -0.05) is 48.5 Å². The standard InChI is InChI=1S/C21H23NO5/c1-21(2,25)18(19(23)26-3)22-20(24)27-12-17-15-10-6-4-8-13(15)14-9-5-7-11-16(14)17/h4-11,17-18,25H,12H2,1-3H3,(H,22,24)/t18-/m0/s1. The molecule has 0 fully saturated rings. The van der Waals surface area contributed by atoms with Gasteiger partial charge in [-0.2, -0.15) is 0 Å². The molecule has 0 aliphatic heterocycles. The van der Waals surface area contributed by atoms with E-state index in [0.717, 1.165) is 22.3 Å². The molecule has 1 atom stereocenters. The normalized spacial score (nSPS) is 14.1. The summed E-state index contributed by atoms with van der Waals surface area (Å²) in [5.74, 6) is -0.821. The second kappa shape index (κ2) is 7.40. The van der Waals surface area contributed by atoms with Crippen LogP contribution in [-0.2, 0) is 14.3 Å². The summed E-state index contributed by atoms with van der Waals surface area (Å²) in [6.45, 7) is 2.95. The van der Waals surface area contributed by atoms with Crippen LogP contribution in [0.1, 0.15) is 30.9 Å². The first-order valence-corrected chi connectivity index (χ1v) is 8.74. The maximum absolute atomic E-state index is 12.2. The third kappa shape index (κ3) is 3.80. The molecule has 0 unspecified atom stereocenters. The molecule has 6 heteroatoms. The molecular formula is C21H23NO5. The second-order valence-corrected chi connectivity index (χ2v) is 7.08. The van der Waals surface area contributed by atoms with E-state index in [0.29, 0.717) is 0 Å². The number of esters is 1. The predicted octanol–water partition coefficient (Wildman–Crippen LogP) is 2.84. The second-order valence-electron chi connectivity index (χ2n) is 7.08. The summed E-state index contributed by atoms with van der Waals surface area (Å²) >= 11 is 0. The smallest absolute Gasteiger partial charge is 0.407 e. The van der Waals surface area contributed by atoms with E-state index >= 15 is 0 Å². The molecule has 0 saturated carbocycles. The predicted molar refractivity (Wildman–Crippen MR) is 100 cm³/mol. The van der Waals surface area contributed by atoms with Crippen LogP contribution >= 0.6 is 0 Å². The van der Waals surface area contributed by atoms with E-state index in [-0.39, 0.29) is 12.5 Å². The third-order valence-corrected chi connectivity index (χ3v) is 4.75. The highest BCUT2D eigenvalue weighted by atomic mass is 16.6. The summed E-state index contributed by atoms with van der Waals surface area (Å²) in [6, 6.07) is 14.8. The van der Waals surface area contributed by atoms with Gasteiger partial charge in [0, 0.05) is 5.92 Å². The molecule has 2 aromatic rings. The number of ether oxygens (including phenoxy) is 2. The molecule has 1 aliphatic rings. The lowest BCUT2D eigenvalue weighted by molar-refractivity contribution is -0.149. The molecule has 2 N–H and O–H groups in total. The van der Waals surface area contributed by atoms with Crippen molar-refractivity contribution >= 4 is 12.1 Å². The fraction of sp³-hybridized carbons (Fsp3) is 0.333. The zero-order valence-electron chi connectivity index (χ0n) is 15.6. The number of fused-ring (bicyclic) bond motifs is 3. The van der Waals surface area contributed by atoms with Gasteiger partial charge < -0.3 is 19.9 Å². The van der Waals surface area contributed by atoms with Crippen molar-refractivity contribution < 1.29 is 24.2 Å². The number of carbonyl (C=O) groups excluding carboxylic acids is 2. The van der Waals surface area contributed by atoms with Gasteiger partial charge in [0.05, 0.1) is 12.7 Å². The zero-order valence-corrected chi connectivity index (χ0v) is 15.6. The van der Waals surface area contributed by atoms with Crippen LogP contribution < -0.4 is 5.32 Å². The molecular weight excluding hydrogens is 346 g/mol. The van der Waals surface area contributed by atoms with Gasteiger partial charge in [0.15, 0.2) is 6.04 Å². The van der Waals surface area contributed by atoms with Crippen molar-refractivity contribution in [3.05, 3.63) is 59.7 Å². The van der Waals surface area contributed by atoms with E-state index in [1.165, 1.54) is 21.0 Å². The maximum atomic E-state index is 12.2. The highest BCUT2D eigenvalue weighted by Crippen LogP contribution is 2.44. The SMILES string of the molecule is COC(=O)[C@H](NC(=O)OCC1c2ccccc2-c2ccccc21)C(C)(C)O. The fourth-order valence-electron chi connectivity index (χ4n) is 3.40. The van der Waals surface area contributed by atoms with E-state index < -0.39 is 23.7 Å². The number of benzene rings is 2. The van der Waals surface area contributed by atoms with Crippen LogP contribution in [0.25, 0.3) is 11.1 Å². The lowest BCUT2D eigenvalue weighted by Gasteiger charge is -2.27. The summed E-state index contributed by atoms with van der Waals surface area (Å²) in [6.07, 6.45) is -0.783. The Morgan fingerprint density at radius 3 is 2.07 bits per heavy atom. The molecule has 0 heterocycles. The Hall–Kier alpha value is -2.86. The molecule has 142 valence electrons. The van der Waals surface area contributed by atoms with Gasteiger partial charge in [0.2, 0.25) is 0 Å². The van der Waals surface area contributed by atoms with Crippen molar-refractivity contribution in [3.63, 3.8) is 0 Å². The number of carbonyl (C=O) groups is 2. The number of hydrogen-bond acceptors (Lipinski definition) is 5. The minimum atomic E-state index is -1.49. The van der Waals surface area contributed by atoms with E-state index in [1.807, 2.05) is 36.4 Å². The van der Waals surface area contributed by atoms with Crippen LogP contribution in [0.15, 0.2) is 48.5 Å². The van der Waals surface area contributed by atoms with Gasteiger partial charge in [-0.25, -0.2) is 9.59 Å². The number of nitrogens with one attached hydrogen (secondary N) is 1. The Bertz CT molecular complexity index is 810. The molecule has 1 amide bonds. The van der Waals surface area contributed by atoms with Gasteiger partial charge >= 0.3 is 12.1 Å². The lowest BCUT2D eigenvalue weighted by atomic mass is 9.98. The van der Waals surface area contributed by atoms with Crippen molar-refractivity contribution in [2.75, 3.05) is 13.7 Å². The van der Waals surface area contributed by atoms with Gasteiger partial charge in [0.1, 0.15) is 6.61 Å². The monoisotopic (exact) mass is 369 g/mol. The molecule has 0 saturated heterocycles. The van der Waals surface area contributed by atoms with E-state index in [9.17, 15) is 14.7 Å². The molecule has 6 nitrogen and oxygen atoms in total. The number of methoxy groups -OCH3 is 1. The lowest BCUT2D eigenvalue weighted by Crippen LogP contribution is -2.54. The van der Waals surface area contributed by atoms with Crippen LogP contribution in [0, 0.1) is 0 Å². The summed E-state index contributed by atoms with van der Waals surface area (Å²) in [5, 5.41) is 12.5. The Kier molecular flexibility index (Phi) is 5.19. The van der Waals surface area contributed by atoms with E-state index in [4.69, 9.17) is 4.74 Å². The molecule has 0 aromatic heterocycles. The zero-order chi connectivity index (χ0) is 19.6. The van der Waals surface area contributed by atoms with E-state index in [2.05, 4.69) is 22.2 Å². The quantitative estimate of drug-likeness (QED) is 0.792. The van der Waals surface area contributed by atoms with Crippen LogP contribution in [0.5, 0.6) is 0 Å². The van der Waals surface area contributed by atoms with Gasteiger partial charge in [-0.05, 0) is 36.1 Å². The first kappa shape index (κ1) is 18.9. The minimum Gasteiger partial charge on any atom is -0.467 e.